The van der Waals surface area contributed by atoms with Gasteiger partial charge in [0.25, 0.3) is 0 Å². The Hall–Kier alpha value is -0.870. The van der Waals surface area contributed by atoms with E-state index in [1.165, 1.54) is 0 Å². The standard InChI is InChI=1S/C8H12N2OS/c1-2-11-8-6(10-9)4-3-5-7(8)12/h3-5,10,12H,2,9H2,1H3. The Morgan fingerprint density at radius 3 is 2.92 bits per heavy atom. The second-order valence-corrected chi connectivity index (χ2v) is 2.71. The van der Waals surface area contributed by atoms with Crippen molar-refractivity contribution < 1.29 is 4.74 Å². The third kappa shape index (κ3) is 1.84. The molecule has 1 aromatic carbocycles. The second-order valence-electron chi connectivity index (χ2n) is 2.23. The second kappa shape index (κ2) is 4.23. The summed E-state index contributed by atoms with van der Waals surface area (Å²) >= 11 is 4.24. The van der Waals surface area contributed by atoms with Crippen LogP contribution in [0.5, 0.6) is 5.75 Å². The van der Waals surface area contributed by atoms with Crippen molar-refractivity contribution in [2.45, 2.75) is 11.8 Å². The van der Waals surface area contributed by atoms with Crippen LogP contribution >= 0.6 is 12.6 Å². The largest absolute Gasteiger partial charge is 0.490 e. The molecule has 3 nitrogen and oxygen atoms in total. The summed E-state index contributed by atoms with van der Waals surface area (Å²) in [6.07, 6.45) is 0. The maximum Gasteiger partial charge on any atom is 0.156 e. The summed E-state index contributed by atoms with van der Waals surface area (Å²) in [6.45, 7) is 2.52. The Bertz CT molecular complexity index is 265. The SMILES string of the molecule is CCOc1c(S)cccc1NN. The fourth-order valence-corrected chi connectivity index (χ4v) is 1.21. The Morgan fingerprint density at radius 2 is 2.33 bits per heavy atom. The van der Waals surface area contributed by atoms with E-state index in [2.05, 4.69) is 18.1 Å². The zero-order valence-electron chi connectivity index (χ0n) is 6.87. The van der Waals surface area contributed by atoms with Crippen molar-refractivity contribution in [3.05, 3.63) is 18.2 Å². The van der Waals surface area contributed by atoms with Crippen molar-refractivity contribution in [3.63, 3.8) is 0 Å². The summed E-state index contributed by atoms with van der Waals surface area (Å²) in [7, 11) is 0. The van der Waals surface area contributed by atoms with Gasteiger partial charge in [-0.2, -0.15) is 0 Å². The van der Waals surface area contributed by atoms with Crippen LogP contribution < -0.4 is 16.0 Å². The average molecular weight is 184 g/mol. The number of hydrogen-bond donors (Lipinski definition) is 3. The van der Waals surface area contributed by atoms with Gasteiger partial charge in [0.05, 0.1) is 12.3 Å². The minimum atomic E-state index is 0.603. The lowest BCUT2D eigenvalue weighted by Gasteiger charge is -2.10. The van der Waals surface area contributed by atoms with Crippen LogP contribution in [0.25, 0.3) is 0 Å². The van der Waals surface area contributed by atoms with Gasteiger partial charge in [-0.05, 0) is 19.1 Å². The molecular weight excluding hydrogens is 172 g/mol. The van der Waals surface area contributed by atoms with E-state index in [1.54, 1.807) is 0 Å². The fraction of sp³-hybridized carbons (Fsp3) is 0.250. The van der Waals surface area contributed by atoms with Gasteiger partial charge in [0, 0.05) is 4.90 Å². The number of rotatable bonds is 3. The number of thiol groups is 1. The normalized spacial score (nSPS) is 9.58. The van der Waals surface area contributed by atoms with Gasteiger partial charge in [0.1, 0.15) is 0 Å². The molecule has 0 atom stereocenters. The van der Waals surface area contributed by atoms with E-state index in [1.807, 2.05) is 25.1 Å². The maximum atomic E-state index is 5.34. The first kappa shape index (κ1) is 9.22. The first-order chi connectivity index (χ1) is 5.79. The van der Waals surface area contributed by atoms with Crippen molar-refractivity contribution in [1.82, 2.24) is 0 Å². The number of benzene rings is 1. The number of nitrogens with two attached hydrogens (primary N) is 1. The quantitative estimate of drug-likeness (QED) is 0.380. The number of ether oxygens (including phenoxy) is 1. The first-order valence-electron chi connectivity index (χ1n) is 3.71. The highest BCUT2D eigenvalue weighted by Gasteiger charge is 2.04. The number of hydrazine groups is 1. The molecule has 0 amide bonds. The molecule has 0 saturated carbocycles. The van der Waals surface area contributed by atoms with Gasteiger partial charge in [-0.25, -0.2) is 0 Å². The van der Waals surface area contributed by atoms with E-state index in [9.17, 15) is 0 Å². The van der Waals surface area contributed by atoms with Gasteiger partial charge in [-0.1, -0.05) is 6.07 Å². The number of nitrogen functional groups attached to an aromatic ring is 1. The molecular formula is C8H12N2OS. The molecule has 3 N–H and O–H groups in total. The molecule has 4 heteroatoms. The van der Waals surface area contributed by atoms with Gasteiger partial charge < -0.3 is 10.2 Å². The lowest BCUT2D eigenvalue weighted by Crippen LogP contribution is -2.09. The van der Waals surface area contributed by atoms with Crippen LogP contribution in [0.15, 0.2) is 23.1 Å². The van der Waals surface area contributed by atoms with Gasteiger partial charge in [0.2, 0.25) is 0 Å². The number of anilines is 1. The van der Waals surface area contributed by atoms with Crippen molar-refractivity contribution in [1.29, 1.82) is 0 Å². The van der Waals surface area contributed by atoms with Crippen molar-refractivity contribution in [3.8, 4) is 5.75 Å². The molecule has 0 heterocycles. The van der Waals surface area contributed by atoms with Crippen LogP contribution in [0.1, 0.15) is 6.92 Å². The van der Waals surface area contributed by atoms with Crippen LogP contribution in [-0.2, 0) is 0 Å². The molecule has 0 aliphatic carbocycles. The molecule has 0 aromatic heterocycles. The summed E-state index contributed by atoms with van der Waals surface area (Å²) in [5.74, 6) is 5.99. The Balaban J connectivity index is 3.02. The van der Waals surface area contributed by atoms with Crippen LogP contribution in [-0.4, -0.2) is 6.61 Å². The van der Waals surface area contributed by atoms with Crippen molar-refractivity contribution in [2.24, 2.45) is 5.84 Å². The molecule has 0 fully saturated rings. The summed E-state index contributed by atoms with van der Waals surface area (Å²) in [4.78, 5) is 0.785. The molecule has 0 spiro atoms. The molecule has 12 heavy (non-hydrogen) atoms. The fourth-order valence-electron chi connectivity index (χ4n) is 0.935. The number of hydrogen-bond acceptors (Lipinski definition) is 4. The van der Waals surface area contributed by atoms with Gasteiger partial charge in [-0.3, -0.25) is 5.84 Å². The summed E-state index contributed by atoms with van der Waals surface area (Å²) in [6, 6.07) is 5.56. The van der Waals surface area contributed by atoms with Crippen LogP contribution in [0.3, 0.4) is 0 Å². The van der Waals surface area contributed by atoms with Crippen molar-refractivity contribution in [2.75, 3.05) is 12.0 Å². The Morgan fingerprint density at radius 1 is 1.58 bits per heavy atom. The highest BCUT2D eigenvalue weighted by atomic mass is 32.1. The zero-order valence-corrected chi connectivity index (χ0v) is 7.77. The molecule has 1 aromatic rings. The molecule has 0 aliphatic heterocycles. The van der Waals surface area contributed by atoms with E-state index in [-0.39, 0.29) is 0 Å². The van der Waals surface area contributed by atoms with Crippen LogP contribution in [0.2, 0.25) is 0 Å². The Kier molecular flexibility index (Phi) is 3.25. The molecule has 0 unspecified atom stereocenters. The molecule has 0 radical (unpaired) electrons. The maximum absolute atomic E-state index is 5.34. The molecule has 0 bridgehead atoms. The predicted molar refractivity (Wildman–Crippen MR) is 52.7 cm³/mol. The summed E-state index contributed by atoms with van der Waals surface area (Å²) in [5, 5.41) is 0. The van der Waals surface area contributed by atoms with Gasteiger partial charge in [0.15, 0.2) is 5.75 Å². The zero-order chi connectivity index (χ0) is 8.97. The van der Waals surface area contributed by atoms with E-state index in [4.69, 9.17) is 10.6 Å². The summed E-state index contributed by atoms with van der Waals surface area (Å²) < 4.78 is 5.34. The van der Waals surface area contributed by atoms with Crippen LogP contribution in [0.4, 0.5) is 5.69 Å². The number of nitrogens with one attached hydrogen (secondary N) is 1. The van der Waals surface area contributed by atoms with E-state index < -0.39 is 0 Å². The minimum absolute atomic E-state index is 0.603. The minimum Gasteiger partial charge on any atom is -0.490 e. The highest BCUT2D eigenvalue weighted by molar-refractivity contribution is 7.80. The van der Waals surface area contributed by atoms with E-state index in [0.717, 1.165) is 10.6 Å². The van der Waals surface area contributed by atoms with Crippen LogP contribution in [0, 0.1) is 0 Å². The monoisotopic (exact) mass is 184 g/mol. The summed E-state index contributed by atoms with van der Waals surface area (Å²) in [5.41, 5.74) is 3.30. The molecule has 0 aliphatic rings. The molecule has 0 saturated heterocycles. The smallest absolute Gasteiger partial charge is 0.156 e. The van der Waals surface area contributed by atoms with Crippen molar-refractivity contribution >= 4 is 18.3 Å². The average Bonchev–Trinajstić information content (AvgIpc) is 2.09. The topological polar surface area (TPSA) is 47.3 Å². The first-order valence-corrected chi connectivity index (χ1v) is 4.15. The lowest BCUT2D eigenvalue weighted by molar-refractivity contribution is 0.334. The Labute approximate surface area is 77.3 Å². The predicted octanol–water partition coefficient (Wildman–Crippen LogP) is 1.66. The van der Waals surface area contributed by atoms with Gasteiger partial charge >= 0.3 is 0 Å². The highest BCUT2D eigenvalue weighted by Crippen LogP contribution is 2.30. The molecule has 1 rings (SSSR count). The van der Waals surface area contributed by atoms with Gasteiger partial charge in [-0.15, -0.1) is 12.6 Å². The third-order valence-electron chi connectivity index (χ3n) is 1.44. The van der Waals surface area contributed by atoms with E-state index >= 15 is 0 Å². The molecule has 66 valence electrons. The number of para-hydroxylation sites is 1. The third-order valence-corrected chi connectivity index (χ3v) is 1.79. The van der Waals surface area contributed by atoms with E-state index in [0.29, 0.717) is 12.4 Å². The lowest BCUT2D eigenvalue weighted by atomic mass is 10.3.